The number of non-ortho nitro benzene ring substituents is 1. The highest BCUT2D eigenvalue weighted by Crippen LogP contribution is 2.38. The molecule has 1 atom stereocenters. The number of nitro groups is 1. The molecule has 0 amide bonds. The molecule has 3 aromatic rings. The largest absolute Gasteiger partial charge is 0.419 e. The van der Waals surface area contributed by atoms with Gasteiger partial charge < -0.3 is 8.98 Å². The van der Waals surface area contributed by atoms with Crippen molar-refractivity contribution in [3.8, 4) is 11.5 Å². The summed E-state index contributed by atoms with van der Waals surface area (Å²) in [4.78, 5) is 10.4. The third-order valence-electron chi connectivity index (χ3n) is 5.17. The van der Waals surface area contributed by atoms with Gasteiger partial charge in [0, 0.05) is 23.7 Å². The lowest BCUT2D eigenvalue weighted by atomic mass is 9.95. The van der Waals surface area contributed by atoms with Crippen LogP contribution in [0, 0.1) is 17.0 Å². The van der Waals surface area contributed by atoms with Crippen LogP contribution in [-0.2, 0) is 0 Å². The Morgan fingerprint density at radius 3 is 2.55 bits per heavy atom. The summed E-state index contributed by atoms with van der Waals surface area (Å²) in [5.74, 6) is 1.76. The number of aryl methyl sites for hydroxylation is 1. The minimum Gasteiger partial charge on any atom is -0.419 e. The average molecular weight is 414 g/mol. The van der Waals surface area contributed by atoms with Gasteiger partial charge in [0.1, 0.15) is 5.82 Å². The summed E-state index contributed by atoms with van der Waals surface area (Å²) in [6, 6.07) is 6.51. The monoisotopic (exact) mass is 414 g/mol. The van der Waals surface area contributed by atoms with Crippen LogP contribution in [0.1, 0.15) is 62.0 Å². The Labute approximate surface area is 172 Å². The van der Waals surface area contributed by atoms with E-state index >= 15 is 0 Å². The average Bonchev–Trinajstić information content (AvgIpc) is 3.36. The number of nitrogens with zero attached hydrogens (tertiary/aromatic N) is 6. The van der Waals surface area contributed by atoms with Crippen LogP contribution in [0.4, 0.5) is 5.69 Å². The van der Waals surface area contributed by atoms with Crippen molar-refractivity contribution in [3.05, 3.63) is 46.1 Å². The Balaban J connectivity index is 1.50. The van der Waals surface area contributed by atoms with Crippen LogP contribution in [-0.4, -0.2) is 29.9 Å². The maximum atomic E-state index is 10.8. The van der Waals surface area contributed by atoms with E-state index in [2.05, 4.69) is 25.0 Å². The molecule has 1 aromatic carbocycles. The molecule has 29 heavy (non-hydrogen) atoms. The van der Waals surface area contributed by atoms with Crippen molar-refractivity contribution in [2.24, 2.45) is 0 Å². The van der Waals surface area contributed by atoms with Crippen LogP contribution >= 0.6 is 11.8 Å². The molecule has 1 saturated carbocycles. The van der Waals surface area contributed by atoms with E-state index < -0.39 is 4.92 Å². The molecule has 0 aliphatic heterocycles. The number of hydrogen-bond acceptors (Lipinski definition) is 8. The van der Waals surface area contributed by atoms with Gasteiger partial charge in [0.15, 0.2) is 5.16 Å². The zero-order chi connectivity index (χ0) is 20.4. The molecule has 152 valence electrons. The number of aromatic nitrogens is 5. The Morgan fingerprint density at radius 2 is 1.86 bits per heavy atom. The van der Waals surface area contributed by atoms with Crippen molar-refractivity contribution >= 4 is 17.4 Å². The first kappa shape index (κ1) is 19.6. The van der Waals surface area contributed by atoms with Gasteiger partial charge in [-0.15, -0.1) is 20.4 Å². The summed E-state index contributed by atoms with van der Waals surface area (Å²) in [5, 5.41) is 28.5. The molecule has 2 heterocycles. The molecule has 0 radical (unpaired) electrons. The maximum Gasteiger partial charge on any atom is 0.269 e. The van der Waals surface area contributed by atoms with Gasteiger partial charge in [0.2, 0.25) is 11.8 Å². The summed E-state index contributed by atoms with van der Waals surface area (Å²) in [6.45, 7) is 3.99. The van der Waals surface area contributed by atoms with E-state index in [1.54, 1.807) is 23.9 Å². The zero-order valence-corrected chi connectivity index (χ0v) is 17.1. The number of hydrogen-bond donors (Lipinski definition) is 0. The minimum atomic E-state index is -0.438. The van der Waals surface area contributed by atoms with E-state index in [0.29, 0.717) is 23.4 Å². The molecule has 1 fully saturated rings. The Kier molecular flexibility index (Phi) is 5.61. The molecule has 10 heteroatoms. The maximum absolute atomic E-state index is 10.8. The first-order valence-corrected chi connectivity index (χ1v) is 10.6. The number of thioether (sulfide) groups is 1. The van der Waals surface area contributed by atoms with Crippen LogP contribution in [0.3, 0.4) is 0 Å². The summed E-state index contributed by atoms with van der Waals surface area (Å²) in [5.41, 5.74) is 0.669. The van der Waals surface area contributed by atoms with Crippen LogP contribution < -0.4 is 0 Å². The highest BCUT2D eigenvalue weighted by molar-refractivity contribution is 7.99. The fourth-order valence-electron chi connectivity index (χ4n) is 3.64. The first-order valence-electron chi connectivity index (χ1n) is 9.69. The molecular formula is C19H22N6O3S. The molecule has 0 bridgehead atoms. The van der Waals surface area contributed by atoms with E-state index in [4.69, 9.17) is 4.42 Å². The highest BCUT2D eigenvalue weighted by Gasteiger charge is 2.25. The lowest BCUT2D eigenvalue weighted by Gasteiger charge is -2.25. The van der Waals surface area contributed by atoms with Gasteiger partial charge in [0.05, 0.1) is 10.2 Å². The highest BCUT2D eigenvalue weighted by atomic mass is 32.2. The van der Waals surface area contributed by atoms with Gasteiger partial charge in [0.25, 0.3) is 5.69 Å². The molecule has 9 nitrogen and oxygen atoms in total. The predicted molar refractivity (Wildman–Crippen MR) is 108 cm³/mol. The van der Waals surface area contributed by atoms with Gasteiger partial charge in [-0.05, 0) is 38.8 Å². The second kappa shape index (κ2) is 8.32. The van der Waals surface area contributed by atoms with Gasteiger partial charge in [-0.1, -0.05) is 31.0 Å². The molecule has 1 unspecified atom stereocenters. The third-order valence-corrected chi connectivity index (χ3v) is 6.21. The summed E-state index contributed by atoms with van der Waals surface area (Å²) >= 11 is 1.56. The standard InChI is InChI=1S/C19H22N6O3S/c1-12(29-19-23-20-13(2)24(19)15-6-4-3-5-7-15)17-21-22-18(28-17)14-8-10-16(11-9-14)25(26)27/h8-12,15H,3-7H2,1-2H3. The van der Waals surface area contributed by atoms with Crippen molar-refractivity contribution in [1.82, 2.24) is 25.0 Å². The fourth-order valence-corrected chi connectivity index (χ4v) is 4.63. The summed E-state index contributed by atoms with van der Waals surface area (Å²) < 4.78 is 8.07. The second-order valence-electron chi connectivity index (χ2n) is 7.20. The molecule has 0 spiro atoms. The van der Waals surface area contributed by atoms with E-state index in [9.17, 15) is 10.1 Å². The van der Waals surface area contributed by atoms with Gasteiger partial charge >= 0.3 is 0 Å². The van der Waals surface area contributed by atoms with E-state index in [0.717, 1.165) is 23.8 Å². The fraction of sp³-hybridized carbons (Fsp3) is 0.474. The Hall–Kier alpha value is -2.75. The van der Waals surface area contributed by atoms with Gasteiger partial charge in [-0.3, -0.25) is 10.1 Å². The van der Waals surface area contributed by atoms with Crippen LogP contribution in [0.15, 0.2) is 33.8 Å². The van der Waals surface area contributed by atoms with E-state index in [1.807, 2.05) is 13.8 Å². The second-order valence-corrected chi connectivity index (χ2v) is 8.51. The first-order chi connectivity index (χ1) is 14.0. The Morgan fingerprint density at radius 1 is 1.14 bits per heavy atom. The lowest BCUT2D eigenvalue weighted by Crippen LogP contribution is -2.15. The smallest absolute Gasteiger partial charge is 0.269 e. The van der Waals surface area contributed by atoms with Crippen molar-refractivity contribution < 1.29 is 9.34 Å². The van der Waals surface area contributed by atoms with Crippen molar-refractivity contribution in [3.63, 3.8) is 0 Å². The van der Waals surface area contributed by atoms with Crippen LogP contribution in [0.5, 0.6) is 0 Å². The summed E-state index contributed by atoms with van der Waals surface area (Å²) in [6.07, 6.45) is 6.09. The molecule has 1 aliphatic carbocycles. The number of nitro benzene ring substituents is 1. The molecule has 0 saturated heterocycles. The van der Waals surface area contributed by atoms with Crippen molar-refractivity contribution in [1.29, 1.82) is 0 Å². The topological polar surface area (TPSA) is 113 Å². The molecular weight excluding hydrogens is 392 g/mol. The number of rotatable bonds is 6. The minimum absolute atomic E-state index is 0.0230. The number of benzene rings is 1. The van der Waals surface area contributed by atoms with E-state index in [-0.39, 0.29) is 10.9 Å². The molecule has 2 aromatic heterocycles. The van der Waals surface area contributed by atoms with Gasteiger partial charge in [-0.2, -0.15) is 0 Å². The quantitative estimate of drug-likeness (QED) is 0.318. The normalized spacial score (nSPS) is 16.1. The Bertz CT molecular complexity index is 994. The molecule has 1 aliphatic rings. The SMILES string of the molecule is Cc1nnc(SC(C)c2nnc(-c3ccc([N+](=O)[O-])cc3)o2)n1C1CCCCC1. The van der Waals surface area contributed by atoms with Crippen molar-refractivity contribution in [2.75, 3.05) is 0 Å². The van der Waals surface area contributed by atoms with Crippen LogP contribution in [0.2, 0.25) is 0 Å². The zero-order valence-electron chi connectivity index (χ0n) is 16.3. The van der Waals surface area contributed by atoms with Crippen LogP contribution in [0.25, 0.3) is 11.5 Å². The lowest BCUT2D eigenvalue weighted by molar-refractivity contribution is -0.384. The predicted octanol–water partition coefficient (Wildman–Crippen LogP) is 4.90. The molecule has 0 N–H and O–H groups in total. The summed E-state index contributed by atoms with van der Waals surface area (Å²) in [7, 11) is 0. The molecule has 4 rings (SSSR count). The van der Waals surface area contributed by atoms with Gasteiger partial charge in [-0.25, -0.2) is 0 Å². The van der Waals surface area contributed by atoms with Crippen molar-refractivity contribution in [2.45, 2.75) is 62.4 Å². The van der Waals surface area contributed by atoms with E-state index in [1.165, 1.54) is 31.4 Å². The third kappa shape index (κ3) is 4.16.